The number of halogens is 1. The van der Waals surface area contributed by atoms with Crippen molar-refractivity contribution in [3.63, 3.8) is 0 Å². The van der Waals surface area contributed by atoms with Crippen molar-refractivity contribution in [3.8, 4) is 0 Å². The Hall–Kier alpha value is -1.44. The minimum Gasteiger partial charge on any atom is -0.289 e. The second-order valence-corrected chi connectivity index (χ2v) is 4.98. The zero-order valence-electron chi connectivity index (χ0n) is 10.8. The summed E-state index contributed by atoms with van der Waals surface area (Å²) in [7, 11) is 0. The number of allylic oxidation sites excluding steroid dienone is 2. The van der Waals surface area contributed by atoms with Crippen LogP contribution in [0.1, 0.15) is 54.4 Å². The van der Waals surface area contributed by atoms with Crippen molar-refractivity contribution in [1.82, 2.24) is 0 Å². The second kappa shape index (κ2) is 5.94. The molecule has 1 aliphatic carbocycles. The Morgan fingerprint density at radius 1 is 1.17 bits per heavy atom. The Balaban J connectivity index is 2.21. The molecule has 0 aromatic heterocycles. The molecule has 0 unspecified atom stereocenters. The molecule has 2 heteroatoms. The maximum atomic E-state index is 13.5. The lowest BCUT2D eigenvalue weighted by Crippen LogP contribution is -2.06. The highest BCUT2D eigenvalue weighted by Crippen LogP contribution is 2.21. The second-order valence-electron chi connectivity index (χ2n) is 4.98. The predicted octanol–water partition coefficient (Wildman–Crippen LogP) is 4.60. The van der Waals surface area contributed by atoms with E-state index in [1.807, 2.05) is 6.08 Å². The minimum atomic E-state index is -0.299. The SMILES string of the molecule is Cc1ccc(C(=O)/C2=C/CCCCCC2)cc1F. The quantitative estimate of drug-likeness (QED) is 0.697. The average molecular weight is 246 g/mol. The van der Waals surface area contributed by atoms with Crippen molar-refractivity contribution in [2.45, 2.75) is 45.4 Å². The Kier molecular flexibility index (Phi) is 4.29. The van der Waals surface area contributed by atoms with Crippen LogP contribution in [0.15, 0.2) is 29.8 Å². The fraction of sp³-hybridized carbons (Fsp3) is 0.438. The van der Waals surface area contributed by atoms with Gasteiger partial charge in [-0.2, -0.15) is 0 Å². The number of hydrogen-bond acceptors (Lipinski definition) is 1. The zero-order chi connectivity index (χ0) is 13.0. The van der Waals surface area contributed by atoms with Gasteiger partial charge in [-0.15, -0.1) is 0 Å². The molecule has 96 valence electrons. The fourth-order valence-corrected chi connectivity index (χ4v) is 2.32. The van der Waals surface area contributed by atoms with Crippen LogP contribution in [-0.4, -0.2) is 5.78 Å². The summed E-state index contributed by atoms with van der Waals surface area (Å²) in [6, 6.07) is 4.75. The van der Waals surface area contributed by atoms with Crippen molar-refractivity contribution in [3.05, 3.63) is 46.8 Å². The number of hydrogen-bond donors (Lipinski definition) is 0. The van der Waals surface area contributed by atoms with Gasteiger partial charge in [-0.1, -0.05) is 31.1 Å². The third kappa shape index (κ3) is 3.06. The van der Waals surface area contributed by atoms with Gasteiger partial charge >= 0.3 is 0 Å². The van der Waals surface area contributed by atoms with E-state index in [0.29, 0.717) is 11.1 Å². The van der Waals surface area contributed by atoms with Crippen LogP contribution >= 0.6 is 0 Å². The standard InChI is InChI=1S/C16H19FO/c1-12-9-10-14(11-15(12)17)16(18)13-7-5-3-2-4-6-8-13/h7,9-11H,2-6,8H2,1H3/b13-7+. The van der Waals surface area contributed by atoms with Gasteiger partial charge in [0.25, 0.3) is 0 Å². The number of aryl methyl sites for hydroxylation is 1. The lowest BCUT2D eigenvalue weighted by atomic mass is 9.94. The molecule has 0 spiro atoms. The Labute approximate surface area is 108 Å². The lowest BCUT2D eigenvalue weighted by molar-refractivity contribution is 0.102. The highest BCUT2D eigenvalue weighted by molar-refractivity contribution is 6.08. The molecule has 0 saturated carbocycles. The van der Waals surface area contributed by atoms with E-state index in [9.17, 15) is 9.18 Å². The topological polar surface area (TPSA) is 17.1 Å². The number of ketones is 1. The Morgan fingerprint density at radius 3 is 2.72 bits per heavy atom. The van der Waals surface area contributed by atoms with Crippen molar-refractivity contribution in [2.24, 2.45) is 0 Å². The summed E-state index contributed by atoms with van der Waals surface area (Å²) in [5, 5.41) is 0. The molecule has 0 aliphatic heterocycles. The maximum Gasteiger partial charge on any atom is 0.188 e. The molecule has 0 fully saturated rings. The third-order valence-corrected chi connectivity index (χ3v) is 3.52. The summed E-state index contributed by atoms with van der Waals surface area (Å²) in [6.45, 7) is 1.71. The van der Waals surface area contributed by atoms with Gasteiger partial charge in [0.2, 0.25) is 0 Å². The van der Waals surface area contributed by atoms with E-state index >= 15 is 0 Å². The normalized spacial score (nSPS) is 19.6. The molecule has 0 N–H and O–H groups in total. The van der Waals surface area contributed by atoms with E-state index in [-0.39, 0.29) is 11.6 Å². The molecule has 1 aromatic carbocycles. The Morgan fingerprint density at radius 2 is 1.94 bits per heavy atom. The molecular formula is C16H19FO. The maximum absolute atomic E-state index is 13.5. The van der Waals surface area contributed by atoms with Crippen molar-refractivity contribution in [2.75, 3.05) is 0 Å². The monoisotopic (exact) mass is 246 g/mol. The summed E-state index contributed by atoms with van der Waals surface area (Å²) >= 11 is 0. The number of carbonyl (C=O) groups is 1. The van der Waals surface area contributed by atoms with Gasteiger partial charge in [0, 0.05) is 5.56 Å². The van der Waals surface area contributed by atoms with E-state index in [2.05, 4.69) is 0 Å². The summed E-state index contributed by atoms with van der Waals surface area (Å²) in [5.41, 5.74) is 1.92. The molecule has 0 saturated heterocycles. The zero-order valence-corrected chi connectivity index (χ0v) is 10.8. The molecule has 0 bridgehead atoms. The van der Waals surface area contributed by atoms with Crippen LogP contribution in [0.2, 0.25) is 0 Å². The molecule has 0 radical (unpaired) electrons. The van der Waals surface area contributed by atoms with Gasteiger partial charge in [0.15, 0.2) is 5.78 Å². The van der Waals surface area contributed by atoms with Crippen LogP contribution in [-0.2, 0) is 0 Å². The highest BCUT2D eigenvalue weighted by Gasteiger charge is 2.14. The van der Waals surface area contributed by atoms with Crippen molar-refractivity contribution < 1.29 is 9.18 Å². The van der Waals surface area contributed by atoms with Gasteiger partial charge in [-0.25, -0.2) is 4.39 Å². The van der Waals surface area contributed by atoms with Crippen molar-refractivity contribution >= 4 is 5.78 Å². The molecule has 2 rings (SSSR count). The summed E-state index contributed by atoms with van der Waals surface area (Å²) in [4.78, 5) is 12.3. The molecule has 1 nitrogen and oxygen atoms in total. The fourth-order valence-electron chi connectivity index (χ4n) is 2.32. The molecule has 1 aliphatic rings. The van der Waals surface area contributed by atoms with Crippen LogP contribution < -0.4 is 0 Å². The lowest BCUT2D eigenvalue weighted by Gasteiger charge is -2.11. The van der Waals surface area contributed by atoms with E-state index in [1.165, 1.54) is 18.9 Å². The highest BCUT2D eigenvalue weighted by atomic mass is 19.1. The van der Waals surface area contributed by atoms with Gasteiger partial charge in [0.1, 0.15) is 5.82 Å². The van der Waals surface area contributed by atoms with E-state index < -0.39 is 0 Å². The number of benzene rings is 1. The average Bonchev–Trinajstić information content (AvgIpc) is 2.31. The number of carbonyl (C=O) groups excluding carboxylic acids is 1. The first-order chi connectivity index (χ1) is 8.68. The van der Waals surface area contributed by atoms with Crippen LogP contribution in [0.4, 0.5) is 4.39 Å². The molecular weight excluding hydrogens is 227 g/mol. The number of rotatable bonds is 2. The van der Waals surface area contributed by atoms with Gasteiger partial charge in [-0.3, -0.25) is 4.79 Å². The smallest absolute Gasteiger partial charge is 0.188 e. The minimum absolute atomic E-state index is 0.00389. The van der Waals surface area contributed by atoms with Gasteiger partial charge in [-0.05, 0) is 49.8 Å². The summed E-state index contributed by atoms with van der Waals surface area (Å²) < 4.78 is 13.5. The van der Waals surface area contributed by atoms with Gasteiger partial charge < -0.3 is 0 Å². The van der Waals surface area contributed by atoms with Crippen LogP contribution in [0.3, 0.4) is 0 Å². The first-order valence-electron chi connectivity index (χ1n) is 6.68. The molecule has 0 heterocycles. The molecule has 0 atom stereocenters. The van der Waals surface area contributed by atoms with Crippen LogP contribution in [0.5, 0.6) is 0 Å². The van der Waals surface area contributed by atoms with Gasteiger partial charge in [0.05, 0.1) is 0 Å². The Bertz CT molecular complexity index is 474. The predicted molar refractivity (Wildman–Crippen MR) is 71.3 cm³/mol. The summed E-state index contributed by atoms with van der Waals surface area (Å²) in [6.07, 6.45) is 8.48. The van der Waals surface area contributed by atoms with Crippen LogP contribution in [0.25, 0.3) is 0 Å². The van der Waals surface area contributed by atoms with E-state index in [4.69, 9.17) is 0 Å². The van der Waals surface area contributed by atoms with Crippen molar-refractivity contribution in [1.29, 1.82) is 0 Å². The van der Waals surface area contributed by atoms with E-state index in [0.717, 1.165) is 31.3 Å². The molecule has 0 amide bonds. The van der Waals surface area contributed by atoms with E-state index in [1.54, 1.807) is 19.1 Å². The molecule has 1 aromatic rings. The third-order valence-electron chi connectivity index (χ3n) is 3.52. The van der Waals surface area contributed by atoms with Crippen LogP contribution in [0, 0.1) is 12.7 Å². The first kappa shape index (κ1) is 13.0. The largest absolute Gasteiger partial charge is 0.289 e. The first-order valence-corrected chi connectivity index (χ1v) is 6.68. The summed E-state index contributed by atoms with van der Waals surface area (Å²) in [5.74, 6) is -0.303. The molecule has 18 heavy (non-hydrogen) atoms. The number of Topliss-reactive ketones (excluding diaryl/α,β-unsaturated/α-hetero) is 1.